The quantitative estimate of drug-likeness (QED) is 0.0585. The van der Waals surface area contributed by atoms with Crippen molar-refractivity contribution in [3.05, 3.63) is 266 Å². The number of hydrogen-bond acceptors (Lipinski definition) is 5. The van der Waals surface area contributed by atoms with Gasteiger partial charge in [0.25, 0.3) is 0 Å². The van der Waals surface area contributed by atoms with Crippen molar-refractivity contribution in [3.8, 4) is 0 Å². The molecular weight excluding hydrogens is 793 g/mol. The number of hydrogen-bond donors (Lipinski definition) is 0. The van der Waals surface area contributed by atoms with Gasteiger partial charge in [-0.05, 0) is 155 Å². The van der Waals surface area contributed by atoms with Crippen molar-refractivity contribution in [2.24, 2.45) is 9.98 Å². The van der Waals surface area contributed by atoms with E-state index in [-0.39, 0.29) is 0 Å². The first-order chi connectivity index (χ1) is 32.0. The number of aliphatic imine (C=N–C) groups is 2. The maximum Gasteiger partial charge on any atom is 0.162 e. The molecule has 0 spiro atoms. The van der Waals surface area contributed by atoms with E-state index in [0.717, 1.165) is 74.0 Å². The van der Waals surface area contributed by atoms with Gasteiger partial charge in [-0.2, -0.15) is 0 Å². The lowest BCUT2D eigenvalue weighted by molar-refractivity contribution is 1.13. The minimum Gasteiger partial charge on any atom is -0.311 e. The molecule has 6 heteroatoms. The fraction of sp³-hybridized carbons (Fsp3) is 0.0508. The van der Waals surface area contributed by atoms with Crippen molar-refractivity contribution in [2.75, 3.05) is 19.6 Å². The second-order valence-electron chi connectivity index (χ2n) is 15.2. The smallest absolute Gasteiger partial charge is 0.162 e. The van der Waals surface area contributed by atoms with E-state index in [0.29, 0.717) is 5.84 Å². The highest BCUT2D eigenvalue weighted by molar-refractivity contribution is 6.17. The summed E-state index contributed by atoms with van der Waals surface area (Å²) in [4.78, 5) is 18.9. The molecule has 0 fully saturated rings. The number of allylic oxidation sites excluding steroid dienone is 5. The van der Waals surface area contributed by atoms with E-state index in [1.54, 1.807) is 0 Å². The highest BCUT2D eigenvalue weighted by Crippen LogP contribution is 2.41. The summed E-state index contributed by atoms with van der Waals surface area (Å²) in [5.41, 5.74) is 12.4. The summed E-state index contributed by atoms with van der Waals surface area (Å²) in [6.45, 7) is 9.85. The summed E-state index contributed by atoms with van der Waals surface area (Å²) in [6.07, 6.45) is 6.26. The molecule has 0 atom stereocenters. The normalized spacial score (nSPS) is 12.0. The van der Waals surface area contributed by atoms with E-state index in [9.17, 15) is 0 Å². The average Bonchev–Trinajstić information content (AvgIpc) is 3.37. The molecule has 0 aliphatic heterocycles. The second-order valence-corrected chi connectivity index (χ2v) is 15.2. The summed E-state index contributed by atoms with van der Waals surface area (Å²) in [7, 11) is 0. The Balaban J connectivity index is 1.32. The zero-order valence-corrected chi connectivity index (χ0v) is 37.1. The van der Waals surface area contributed by atoms with Gasteiger partial charge in [0, 0.05) is 56.9 Å². The fourth-order valence-electron chi connectivity index (χ4n) is 7.69. The molecule has 0 N–H and O–H groups in total. The molecule has 318 valence electrons. The van der Waals surface area contributed by atoms with Crippen LogP contribution < -0.4 is 19.6 Å². The van der Waals surface area contributed by atoms with Gasteiger partial charge >= 0.3 is 0 Å². The molecule has 0 aromatic heterocycles. The van der Waals surface area contributed by atoms with Gasteiger partial charge in [-0.1, -0.05) is 121 Å². The largest absolute Gasteiger partial charge is 0.311 e. The maximum atomic E-state index is 5.53. The van der Waals surface area contributed by atoms with Crippen LogP contribution in [0, 0.1) is 0 Å². The molecule has 0 unspecified atom stereocenters. The molecule has 0 saturated carbocycles. The van der Waals surface area contributed by atoms with Crippen LogP contribution in [0.15, 0.2) is 276 Å². The Morgan fingerprint density at radius 2 is 0.646 bits per heavy atom. The minimum atomic E-state index is 0.689. The van der Waals surface area contributed by atoms with E-state index < -0.39 is 0 Å². The van der Waals surface area contributed by atoms with Gasteiger partial charge in [-0.15, -0.1) is 0 Å². The van der Waals surface area contributed by atoms with E-state index in [1.807, 2.05) is 63.2 Å². The Hall–Kier alpha value is -8.48. The van der Waals surface area contributed by atoms with Crippen LogP contribution >= 0.6 is 0 Å². The summed E-state index contributed by atoms with van der Waals surface area (Å²) >= 11 is 0. The minimum absolute atomic E-state index is 0.689. The summed E-state index contributed by atoms with van der Waals surface area (Å²) in [5.74, 6) is 0.689. The maximum absolute atomic E-state index is 5.53. The molecule has 0 amide bonds. The van der Waals surface area contributed by atoms with Crippen LogP contribution in [0.3, 0.4) is 0 Å². The Labute approximate surface area is 384 Å². The monoisotopic (exact) mass is 844 g/mol. The average molecular weight is 845 g/mol. The first-order valence-corrected chi connectivity index (χ1v) is 21.8. The Kier molecular flexibility index (Phi) is 14.0. The van der Waals surface area contributed by atoms with Crippen molar-refractivity contribution in [3.63, 3.8) is 0 Å². The van der Waals surface area contributed by atoms with Crippen molar-refractivity contribution in [2.45, 2.75) is 20.8 Å². The van der Waals surface area contributed by atoms with Crippen molar-refractivity contribution in [1.82, 2.24) is 0 Å². The fourth-order valence-corrected chi connectivity index (χ4v) is 7.69. The van der Waals surface area contributed by atoms with Gasteiger partial charge in [-0.3, -0.25) is 9.89 Å². The number of benzene rings is 8. The van der Waals surface area contributed by atoms with E-state index in [4.69, 9.17) is 4.99 Å². The first kappa shape index (κ1) is 43.2. The predicted octanol–water partition coefficient (Wildman–Crippen LogP) is 16.4. The van der Waals surface area contributed by atoms with Gasteiger partial charge in [0.15, 0.2) is 5.84 Å². The molecule has 0 aliphatic carbocycles. The third-order valence-electron chi connectivity index (χ3n) is 11.0. The Bertz CT molecular complexity index is 2800. The summed E-state index contributed by atoms with van der Waals surface area (Å²) in [5, 5.41) is 0. The molecule has 0 aliphatic rings. The topological polar surface area (TPSA) is 37.7 Å². The molecule has 8 rings (SSSR count). The SMILES string of the molecule is C=N\C(C)=C(C)/N=C(/C(=C\C=C/C)N(c1ccccc1)c1ccc(N(c2ccccc2)c2ccccc2)cc1)N(c1ccccc1)c1ccc(N(c2ccccc2)c2ccccc2)cc1. The van der Waals surface area contributed by atoms with Gasteiger partial charge in [0.2, 0.25) is 0 Å². The zero-order valence-electron chi connectivity index (χ0n) is 37.1. The molecule has 0 bridgehead atoms. The summed E-state index contributed by atoms with van der Waals surface area (Å²) in [6, 6.07) is 80.2. The number of nitrogens with zero attached hydrogens (tertiary/aromatic N) is 6. The number of anilines is 10. The van der Waals surface area contributed by atoms with Crippen LogP contribution in [0.5, 0.6) is 0 Å². The Morgan fingerprint density at radius 1 is 0.369 bits per heavy atom. The Morgan fingerprint density at radius 3 is 0.985 bits per heavy atom. The molecule has 8 aromatic carbocycles. The van der Waals surface area contributed by atoms with Crippen LogP contribution in [-0.4, -0.2) is 12.6 Å². The van der Waals surface area contributed by atoms with Crippen molar-refractivity contribution in [1.29, 1.82) is 0 Å². The molecule has 0 heterocycles. The molecular formula is C59H52N6. The third-order valence-corrected chi connectivity index (χ3v) is 11.0. The number of amidine groups is 1. The highest BCUT2D eigenvalue weighted by atomic mass is 15.3. The predicted molar refractivity (Wildman–Crippen MR) is 278 cm³/mol. The van der Waals surface area contributed by atoms with Gasteiger partial charge < -0.3 is 14.7 Å². The summed E-state index contributed by atoms with van der Waals surface area (Å²) < 4.78 is 0. The lowest BCUT2D eigenvalue weighted by Gasteiger charge is -2.35. The lowest BCUT2D eigenvalue weighted by Crippen LogP contribution is -2.35. The van der Waals surface area contributed by atoms with Crippen LogP contribution in [0.25, 0.3) is 0 Å². The molecule has 8 aromatic rings. The van der Waals surface area contributed by atoms with Crippen LogP contribution in [-0.2, 0) is 0 Å². The molecule has 0 saturated heterocycles. The van der Waals surface area contributed by atoms with E-state index in [1.165, 1.54) is 0 Å². The van der Waals surface area contributed by atoms with Gasteiger partial charge in [0.05, 0.1) is 17.1 Å². The second kappa shape index (κ2) is 21.1. The third kappa shape index (κ3) is 10.1. The van der Waals surface area contributed by atoms with Crippen LogP contribution in [0.1, 0.15) is 20.8 Å². The van der Waals surface area contributed by atoms with E-state index >= 15 is 0 Å². The number of para-hydroxylation sites is 6. The van der Waals surface area contributed by atoms with Crippen LogP contribution in [0.2, 0.25) is 0 Å². The molecule has 6 nitrogen and oxygen atoms in total. The van der Waals surface area contributed by atoms with Crippen LogP contribution in [0.4, 0.5) is 56.9 Å². The van der Waals surface area contributed by atoms with Crippen molar-refractivity contribution < 1.29 is 0 Å². The highest BCUT2D eigenvalue weighted by Gasteiger charge is 2.27. The molecule has 0 radical (unpaired) electrons. The first-order valence-electron chi connectivity index (χ1n) is 21.8. The van der Waals surface area contributed by atoms with Gasteiger partial charge in [-0.25, -0.2) is 4.99 Å². The lowest BCUT2D eigenvalue weighted by atomic mass is 10.1. The molecule has 65 heavy (non-hydrogen) atoms. The van der Waals surface area contributed by atoms with E-state index in [2.05, 4.69) is 238 Å². The number of rotatable bonds is 15. The van der Waals surface area contributed by atoms with Gasteiger partial charge in [0.1, 0.15) is 0 Å². The van der Waals surface area contributed by atoms with Crippen molar-refractivity contribution >= 4 is 69.4 Å². The standard InChI is InChI=1S/C59H52N6/c1-5-6-37-58(64(52-33-21-11-22-34-52)56-42-38-54(39-43-56)62(48-25-13-7-14-26-48)49-27-15-8-16-28-49)59(61-47(3)46(2)60-4)65(53-35-23-12-24-36-53)57-44-40-55(41-45-57)63(50-29-17-9-18-30-50)51-31-19-10-20-32-51/h5-45H,4H2,1-3H3/b6-5-,47-46-,58-37+,61-59-. The zero-order chi connectivity index (χ0) is 44.8.